The molecule has 2 heterocycles. The Morgan fingerprint density at radius 3 is 2.46 bits per heavy atom. The summed E-state index contributed by atoms with van der Waals surface area (Å²) in [5, 5.41) is 2.15. The van der Waals surface area contributed by atoms with Crippen LogP contribution in [0.15, 0.2) is 65.8 Å². The number of pyridine rings is 1. The van der Waals surface area contributed by atoms with Crippen LogP contribution in [0.4, 0.5) is 5.69 Å². The van der Waals surface area contributed by atoms with Crippen molar-refractivity contribution in [3.8, 4) is 0 Å². The maximum absolute atomic E-state index is 13.0. The summed E-state index contributed by atoms with van der Waals surface area (Å²) in [5.41, 5.74) is 6.46. The van der Waals surface area contributed by atoms with Gasteiger partial charge in [-0.15, -0.1) is 0 Å². The summed E-state index contributed by atoms with van der Waals surface area (Å²) in [7, 11) is -3.68. The number of fused-ring (bicyclic) bond motifs is 1. The first-order valence-electron chi connectivity index (χ1n) is 8.94. The molecular formula is C20H20N4O3S. The quantitative estimate of drug-likeness (QED) is 0.726. The lowest BCUT2D eigenvalue weighted by Crippen LogP contribution is -2.48. The molecule has 2 N–H and O–H groups in total. The molecule has 1 aromatic heterocycles. The smallest absolute Gasteiger partial charge is 0.248 e. The van der Waals surface area contributed by atoms with Gasteiger partial charge in [0.1, 0.15) is 0 Å². The van der Waals surface area contributed by atoms with Crippen molar-refractivity contribution in [2.45, 2.75) is 4.90 Å². The van der Waals surface area contributed by atoms with E-state index in [9.17, 15) is 13.2 Å². The van der Waals surface area contributed by atoms with Crippen LogP contribution in [0.1, 0.15) is 10.4 Å². The molecular weight excluding hydrogens is 376 g/mol. The number of nitrogens with zero attached hydrogens (tertiary/aromatic N) is 3. The van der Waals surface area contributed by atoms with Crippen LogP contribution in [0.3, 0.4) is 0 Å². The van der Waals surface area contributed by atoms with Crippen molar-refractivity contribution in [2.24, 2.45) is 5.73 Å². The Morgan fingerprint density at radius 1 is 0.964 bits per heavy atom. The van der Waals surface area contributed by atoms with Crippen molar-refractivity contribution in [2.75, 3.05) is 31.1 Å². The molecule has 1 aliphatic heterocycles. The first-order chi connectivity index (χ1) is 13.5. The molecule has 1 fully saturated rings. The molecule has 2 aromatic carbocycles. The van der Waals surface area contributed by atoms with Gasteiger partial charge in [-0.3, -0.25) is 9.78 Å². The van der Waals surface area contributed by atoms with Gasteiger partial charge in [0.2, 0.25) is 15.9 Å². The number of carbonyl (C=O) groups excluding carboxylic acids is 1. The Labute approximate surface area is 163 Å². The highest BCUT2D eigenvalue weighted by atomic mass is 32.2. The van der Waals surface area contributed by atoms with Crippen molar-refractivity contribution in [1.82, 2.24) is 9.29 Å². The predicted octanol–water partition coefficient (Wildman–Crippen LogP) is 1.84. The van der Waals surface area contributed by atoms with Crippen LogP contribution < -0.4 is 10.6 Å². The molecule has 144 valence electrons. The monoisotopic (exact) mass is 396 g/mol. The van der Waals surface area contributed by atoms with Crippen LogP contribution >= 0.6 is 0 Å². The first-order valence-corrected chi connectivity index (χ1v) is 10.4. The molecule has 1 saturated heterocycles. The second-order valence-corrected chi connectivity index (χ2v) is 8.60. The zero-order valence-electron chi connectivity index (χ0n) is 15.2. The SMILES string of the molecule is NC(=O)c1cccc(S(=O)(=O)N2CCN(c3cncc4ccccc34)CC2)c1. The third kappa shape index (κ3) is 3.32. The lowest BCUT2D eigenvalue weighted by Gasteiger charge is -2.35. The van der Waals surface area contributed by atoms with E-state index in [2.05, 4.69) is 9.88 Å². The van der Waals surface area contributed by atoms with Crippen molar-refractivity contribution >= 4 is 32.4 Å². The zero-order chi connectivity index (χ0) is 19.7. The van der Waals surface area contributed by atoms with Crippen LogP contribution in [0.25, 0.3) is 10.8 Å². The molecule has 0 radical (unpaired) electrons. The number of piperazine rings is 1. The molecule has 7 nitrogen and oxygen atoms in total. The summed E-state index contributed by atoms with van der Waals surface area (Å²) < 4.78 is 27.4. The number of hydrogen-bond acceptors (Lipinski definition) is 5. The minimum Gasteiger partial charge on any atom is -0.367 e. The molecule has 4 rings (SSSR count). The summed E-state index contributed by atoms with van der Waals surface area (Å²) in [5.74, 6) is -0.648. The summed E-state index contributed by atoms with van der Waals surface area (Å²) in [4.78, 5) is 17.9. The molecule has 1 aliphatic rings. The second-order valence-electron chi connectivity index (χ2n) is 6.66. The Kier molecular flexibility index (Phi) is 4.74. The Morgan fingerprint density at radius 2 is 1.71 bits per heavy atom. The Balaban J connectivity index is 1.55. The molecule has 3 aromatic rings. The van der Waals surface area contributed by atoms with Gasteiger partial charge in [0.05, 0.1) is 16.8 Å². The molecule has 0 saturated carbocycles. The van der Waals surface area contributed by atoms with E-state index in [1.807, 2.05) is 36.7 Å². The second kappa shape index (κ2) is 7.21. The van der Waals surface area contributed by atoms with Crippen LogP contribution in [-0.2, 0) is 10.0 Å². The van der Waals surface area contributed by atoms with E-state index in [1.165, 1.54) is 28.6 Å². The van der Waals surface area contributed by atoms with Gasteiger partial charge in [-0.2, -0.15) is 4.31 Å². The summed E-state index contributed by atoms with van der Waals surface area (Å²) in [6.45, 7) is 1.83. The molecule has 0 unspecified atom stereocenters. The first kappa shape index (κ1) is 18.4. The third-order valence-electron chi connectivity index (χ3n) is 4.98. The van der Waals surface area contributed by atoms with Gasteiger partial charge in [0, 0.05) is 48.7 Å². The van der Waals surface area contributed by atoms with Crippen LogP contribution in [0.2, 0.25) is 0 Å². The van der Waals surface area contributed by atoms with Crippen LogP contribution in [0, 0.1) is 0 Å². The highest BCUT2D eigenvalue weighted by Gasteiger charge is 2.29. The van der Waals surface area contributed by atoms with Crippen molar-refractivity contribution in [3.05, 3.63) is 66.5 Å². The molecule has 0 atom stereocenters. The number of nitrogens with two attached hydrogens (primary N) is 1. The fourth-order valence-electron chi connectivity index (χ4n) is 3.48. The van der Waals surface area contributed by atoms with Gasteiger partial charge >= 0.3 is 0 Å². The molecule has 0 spiro atoms. The lowest BCUT2D eigenvalue weighted by atomic mass is 10.1. The number of amides is 1. The zero-order valence-corrected chi connectivity index (χ0v) is 16.0. The summed E-state index contributed by atoms with van der Waals surface area (Å²) in [6.07, 6.45) is 3.65. The van der Waals surface area contributed by atoms with Gasteiger partial charge < -0.3 is 10.6 Å². The number of sulfonamides is 1. The topological polar surface area (TPSA) is 96.6 Å². The molecule has 8 heteroatoms. The van der Waals surface area contributed by atoms with E-state index in [-0.39, 0.29) is 10.5 Å². The fourth-order valence-corrected chi connectivity index (χ4v) is 4.95. The van der Waals surface area contributed by atoms with Gasteiger partial charge in [-0.1, -0.05) is 30.3 Å². The molecule has 0 aliphatic carbocycles. The number of carbonyl (C=O) groups is 1. The third-order valence-corrected chi connectivity index (χ3v) is 6.88. The number of benzene rings is 2. The predicted molar refractivity (Wildman–Crippen MR) is 108 cm³/mol. The van der Waals surface area contributed by atoms with Crippen LogP contribution in [0.5, 0.6) is 0 Å². The minimum absolute atomic E-state index is 0.0871. The molecule has 28 heavy (non-hydrogen) atoms. The Hall–Kier alpha value is -2.97. The van der Waals surface area contributed by atoms with E-state index in [4.69, 9.17) is 5.73 Å². The standard InChI is InChI=1S/C20H20N4O3S/c21-20(25)15-5-3-6-17(12-15)28(26,27)24-10-8-23(9-11-24)19-14-22-13-16-4-1-2-7-18(16)19/h1-7,12-14H,8-11H2,(H2,21,25). The maximum Gasteiger partial charge on any atom is 0.248 e. The van der Waals surface area contributed by atoms with Crippen molar-refractivity contribution < 1.29 is 13.2 Å². The van der Waals surface area contributed by atoms with E-state index in [0.717, 1.165) is 16.5 Å². The summed E-state index contributed by atoms with van der Waals surface area (Å²) in [6, 6.07) is 13.9. The van der Waals surface area contributed by atoms with E-state index in [1.54, 1.807) is 0 Å². The number of anilines is 1. The largest absolute Gasteiger partial charge is 0.367 e. The average Bonchev–Trinajstić information content (AvgIpc) is 2.73. The molecule has 1 amide bonds. The highest BCUT2D eigenvalue weighted by Crippen LogP contribution is 2.27. The normalized spacial score (nSPS) is 15.6. The van der Waals surface area contributed by atoms with Crippen LogP contribution in [-0.4, -0.2) is 49.8 Å². The van der Waals surface area contributed by atoms with E-state index in [0.29, 0.717) is 26.2 Å². The van der Waals surface area contributed by atoms with Gasteiger partial charge in [0.25, 0.3) is 0 Å². The van der Waals surface area contributed by atoms with E-state index < -0.39 is 15.9 Å². The average molecular weight is 396 g/mol. The van der Waals surface area contributed by atoms with Gasteiger partial charge in [-0.05, 0) is 18.2 Å². The van der Waals surface area contributed by atoms with E-state index >= 15 is 0 Å². The highest BCUT2D eigenvalue weighted by molar-refractivity contribution is 7.89. The van der Waals surface area contributed by atoms with Gasteiger partial charge in [-0.25, -0.2) is 8.42 Å². The van der Waals surface area contributed by atoms with Crippen molar-refractivity contribution in [1.29, 1.82) is 0 Å². The molecule has 0 bridgehead atoms. The maximum atomic E-state index is 13.0. The number of hydrogen-bond donors (Lipinski definition) is 1. The van der Waals surface area contributed by atoms with Crippen molar-refractivity contribution in [3.63, 3.8) is 0 Å². The van der Waals surface area contributed by atoms with Gasteiger partial charge in [0.15, 0.2) is 0 Å². The Bertz CT molecular complexity index is 1130. The lowest BCUT2D eigenvalue weighted by molar-refractivity contribution is 0.1000. The minimum atomic E-state index is -3.68. The summed E-state index contributed by atoms with van der Waals surface area (Å²) >= 11 is 0. The number of primary amides is 1. The number of rotatable bonds is 4. The fraction of sp³-hybridized carbons (Fsp3) is 0.200. The number of aromatic nitrogens is 1.